The summed E-state index contributed by atoms with van der Waals surface area (Å²) in [4.78, 5) is 36.5. The Balaban J connectivity index is 0.989. The molecule has 41 heavy (non-hydrogen) atoms. The van der Waals surface area contributed by atoms with Gasteiger partial charge in [-0.05, 0) is 63.2 Å². The van der Waals surface area contributed by atoms with Crippen LogP contribution in [0.5, 0.6) is 0 Å². The minimum absolute atomic E-state index is 0.0629. The molecule has 4 aromatic carbocycles. The maximum atomic E-state index is 12.7. The highest BCUT2D eigenvalue weighted by Gasteiger charge is 2.42. The number of fused-ring (bicyclic) bond motifs is 1. The number of nitriles is 1. The number of nitrogens with one attached hydrogen (secondary N) is 2. The number of carbonyl (C=O) groups excluding carboxylic acids is 3. The number of ether oxygens (including phenoxy) is 1. The van der Waals surface area contributed by atoms with Crippen LogP contribution in [0.15, 0.2) is 60.2 Å². The fraction of sp³-hybridized carbons (Fsp3) is 0.333. The van der Waals surface area contributed by atoms with Crippen LogP contribution in [-0.4, -0.2) is 47.5 Å². The van der Waals surface area contributed by atoms with Gasteiger partial charge in [0.1, 0.15) is 17.4 Å². The van der Waals surface area contributed by atoms with E-state index < -0.39 is 5.97 Å². The molecule has 2 saturated heterocycles. The second-order valence-corrected chi connectivity index (χ2v) is 12.1. The van der Waals surface area contributed by atoms with Crippen molar-refractivity contribution in [2.75, 3.05) is 12.4 Å². The number of thioether (sulfide) groups is 1. The van der Waals surface area contributed by atoms with E-state index in [9.17, 15) is 19.6 Å². The maximum Gasteiger partial charge on any atom is 0.348 e. The number of ketones is 1. The third-order valence-electron chi connectivity index (χ3n) is 8.17. The van der Waals surface area contributed by atoms with Crippen LogP contribution in [-0.2, 0) is 14.3 Å². The van der Waals surface area contributed by atoms with Crippen LogP contribution in [0.1, 0.15) is 44.1 Å². The van der Waals surface area contributed by atoms with E-state index in [0.29, 0.717) is 24.5 Å². The van der Waals surface area contributed by atoms with E-state index in [1.165, 1.54) is 5.39 Å². The van der Waals surface area contributed by atoms with Gasteiger partial charge in [-0.3, -0.25) is 4.79 Å². The second kappa shape index (κ2) is 11.8. The molecular weight excluding hydrogens is 534 g/mol. The molecule has 0 bridgehead atoms. The summed E-state index contributed by atoms with van der Waals surface area (Å²) >= 11 is 1.88. The van der Waals surface area contributed by atoms with Gasteiger partial charge in [-0.15, -0.1) is 0 Å². The molecule has 2 amide bonds. The first-order chi connectivity index (χ1) is 20.0. The van der Waals surface area contributed by atoms with Crippen molar-refractivity contribution in [1.29, 1.82) is 5.26 Å². The van der Waals surface area contributed by atoms with Crippen LogP contribution in [0, 0.1) is 11.3 Å². The SMILES string of the molecule is N#C/C(=C\c1ccc2ccc3cccc4ccc1c2c34)C(=O)OCCCC(=O)CCCCC1SCC2NC(=O)NC21. The molecule has 2 fully saturated rings. The quantitative estimate of drug-likeness (QED) is 0.0567. The van der Waals surface area contributed by atoms with Crippen molar-refractivity contribution in [2.24, 2.45) is 0 Å². The smallest absolute Gasteiger partial charge is 0.348 e. The Morgan fingerprint density at radius 3 is 2.49 bits per heavy atom. The van der Waals surface area contributed by atoms with E-state index in [-0.39, 0.29) is 36.1 Å². The van der Waals surface area contributed by atoms with E-state index in [0.717, 1.165) is 57.5 Å². The summed E-state index contributed by atoms with van der Waals surface area (Å²) < 4.78 is 5.36. The Hall–Kier alpha value is -4.09. The second-order valence-electron chi connectivity index (χ2n) is 10.8. The van der Waals surface area contributed by atoms with Gasteiger partial charge in [0.2, 0.25) is 0 Å². The molecule has 3 unspecified atom stereocenters. The molecule has 7 nitrogen and oxygen atoms in total. The van der Waals surface area contributed by atoms with Crippen molar-refractivity contribution in [2.45, 2.75) is 55.9 Å². The number of carbonyl (C=O) groups is 3. The van der Waals surface area contributed by atoms with Gasteiger partial charge in [-0.25, -0.2) is 9.59 Å². The fourth-order valence-electron chi connectivity index (χ4n) is 6.12. The molecule has 0 aliphatic carbocycles. The third-order valence-corrected chi connectivity index (χ3v) is 9.68. The summed E-state index contributed by atoms with van der Waals surface area (Å²) in [6, 6.07) is 20.8. The number of nitrogens with zero attached hydrogens (tertiary/aromatic N) is 1. The monoisotopic (exact) mass is 565 g/mol. The van der Waals surface area contributed by atoms with Crippen molar-refractivity contribution < 1.29 is 19.1 Å². The van der Waals surface area contributed by atoms with Crippen LogP contribution >= 0.6 is 11.8 Å². The first-order valence-corrected chi connectivity index (χ1v) is 15.2. The lowest BCUT2D eigenvalue weighted by molar-refractivity contribution is -0.139. The standard InChI is InChI=1S/C33H31N3O4S/c34-18-24(17-23-13-12-22-11-10-20-5-3-6-21-14-15-26(23)30(22)29(20)21)32(38)40-16-4-8-25(37)7-1-2-9-28-31-27(19-41-28)35-33(39)36-31/h3,5-6,10-15,17,27-28,31H,1-2,4,7-9,16,19H2,(H2,35,36,39)/b24-17+. The van der Waals surface area contributed by atoms with Crippen molar-refractivity contribution in [1.82, 2.24) is 10.6 Å². The Bertz CT molecular complexity index is 1690. The number of hydrogen-bond acceptors (Lipinski definition) is 6. The topological polar surface area (TPSA) is 108 Å². The number of rotatable bonds is 11. The van der Waals surface area contributed by atoms with E-state index in [1.54, 1.807) is 6.08 Å². The van der Waals surface area contributed by atoms with E-state index in [1.807, 2.05) is 42.1 Å². The third kappa shape index (κ3) is 5.59. The molecule has 3 atom stereocenters. The summed E-state index contributed by atoms with van der Waals surface area (Å²) in [7, 11) is 0. The van der Waals surface area contributed by atoms with Gasteiger partial charge in [-0.2, -0.15) is 17.0 Å². The number of amides is 2. The number of unbranched alkanes of at least 4 members (excludes halogenated alkanes) is 1. The zero-order chi connectivity index (χ0) is 28.3. The predicted molar refractivity (Wildman–Crippen MR) is 163 cm³/mol. The predicted octanol–water partition coefficient (Wildman–Crippen LogP) is 6.11. The molecule has 2 heterocycles. The van der Waals surface area contributed by atoms with Gasteiger partial charge in [0, 0.05) is 23.8 Å². The summed E-state index contributed by atoms with van der Waals surface area (Å²) in [5, 5.41) is 22.7. The van der Waals surface area contributed by atoms with Gasteiger partial charge >= 0.3 is 12.0 Å². The minimum atomic E-state index is -0.675. The van der Waals surface area contributed by atoms with Crippen molar-refractivity contribution in [3.8, 4) is 6.07 Å². The van der Waals surface area contributed by atoms with Crippen LogP contribution in [0.4, 0.5) is 4.79 Å². The highest BCUT2D eigenvalue weighted by Crippen LogP contribution is 2.36. The van der Waals surface area contributed by atoms with E-state index in [2.05, 4.69) is 41.0 Å². The average molecular weight is 566 g/mol. The van der Waals surface area contributed by atoms with Crippen molar-refractivity contribution in [3.05, 3.63) is 65.7 Å². The number of urea groups is 1. The molecule has 2 N–H and O–H groups in total. The van der Waals surface area contributed by atoms with Crippen LogP contribution in [0.25, 0.3) is 38.4 Å². The molecule has 0 saturated carbocycles. The highest BCUT2D eigenvalue weighted by molar-refractivity contribution is 8.00. The van der Waals surface area contributed by atoms with E-state index in [4.69, 9.17) is 4.74 Å². The number of esters is 1. The molecule has 0 aromatic heterocycles. The van der Waals surface area contributed by atoms with Crippen LogP contribution in [0.2, 0.25) is 0 Å². The van der Waals surface area contributed by atoms with Crippen LogP contribution in [0.3, 0.4) is 0 Å². The number of hydrogen-bond donors (Lipinski definition) is 2. The highest BCUT2D eigenvalue weighted by atomic mass is 32.2. The van der Waals surface area contributed by atoms with Crippen molar-refractivity contribution in [3.63, 3.8) is 0 Å². The summed E-state index contributed by atoms with van der Waals surface area (Å²) in [5.74, 6) is 0.414. The van der Waals surface area contributed by atoms with Gasteiger partial charge in [0.15, 0.2) is 0 Å². The zero-order valence-electron chi connectivity index (χ0n) is 22.7. The summed E-state index contributed by atoms with van der Waals surface area (Å²) in [6.45, 7) is 0.0938. The maximum absolute atomic E-state index is 12.7. The normalized spacial score (nSPS) is 20.2. The zero-order valence-corrected chi connectivity index (χ0v) is 23.5. The Morgan fingerprint density at radius 1 is 0.951 bits per heavy atom. The fourth-order valence-corrected chi connectivity index (χ4v) is 7.67. The molecular formula is C33H31N3O4S. The van der Waals surface area contributed by atoms with Gasteiger partial charge < -0.3 is 15.4 Å². The Kier molecular flexibility index (Phi) is 7.80. The molecule has 0 spiro atoms. The lowest BCUT2D eigenvalue weighted by atomic mass is 9.91. The lowest BCUT2D eigenvalue weighted by Crippen LogP contribution is -2.36. The first kappa shape index (κ1) is 27.1. The molecule has 0 radical (unpaired) electrons. The lowest BCUT2D eigenvalue weighted by Gasteiger charge is -2.16. The molecule has 208 valence electrons. The molecule has 2 aliphatic rings. The van der Waals surface area contributed by atoms with E-state index >= 15 is 0 Å². The van der Waals surface area contributed by atoms with Gasteiger partial charge in [-0.1, -0.05) is 61.0 Å². The van der Waals surface area contributed by atoms with Crippen molar-refractivity contribution >= 4 is 67.9 Å². The Labute approximate surface area is 242 Å². The summed E-state index contributed by atoms with van der Waals surface area (Å²) in [6.07, 6.45) is 5.61. The van der Waals surface area contributed by atoms with Crippen LogP contribution < -0.4 is 10.6 Å². The number of Topliss-reactive ketones (excluding diaryl/α,β-unsaturated/α-hetero) is 1. The molecule has 2 aliphatic heterocycles. The Morgan fingerprint density at radius 2 is 1.68 bits per heavy atom. The largest absolute Gasteiger partial charge is 0.462 e. The molecule has 8 heteroatoms. The molecule has 4 aromatic rings. The average Bonchev–Trinajstić information content (AvgIpc) is 3.54. The van der Waals surface area contributed by atoms with Gasteiger partial charge in [0.05, 0.1) is 18.7 Å². The first-order valence-electron chi connectivity index (χ1n) is 14.2. The minimum Gasteiger partial charge on any atom is -0.462 e. The number of benzene rings is 4. The summed E-state index contributed by atoms with van der Waals surface area (Å²) in [5.41, 5.74) is 0.726. The molecule has 6 rings (SSSR count). The van der Waals surface area contributed by atoms with Gasteiger partial charge in [0.25, 0.3) is 0 Å².